The van der Waals surface area contributed by atoms with Gasteiger partial charge in [0.15, 0.2) is 0 Å². The van der Waals surface area contributed by atoms with Gasteiger partial charge in [0.25, 0.3) is 5.91 Å². The predicted octanol–water partition coefficient (Wildman–Crippen LogP) is 2.26. The number of aromatic nitrogens is 1. The minimum Gasteiger partial charge on any atom is -0.339 e. The molecular formula is C13H18N2O. The second-order valence-corrected chi connectivity index (χ2v) is 4.67. The third-order valence-electron chi connectivity index (χ3n) is 3.34. The number of carbonyl (C=O) groups is 1. The Kier molecular flexibility index (Phi) is 3.22. The van der Waals surface area contributed by atoms with E-state index < -0.39 is 0 Å². The fourth-order valence-electron chi connectivity index (χ4n) is 2.07. The topological polar surface area (TPSA) is 33.2 Å². The van der Waals surface area contributed by atoms with Crippen LogP contribution < -0.4 is 0 Å². The number of hydrogen-bond acceptors (Lipinski definition) is 2. The van der Waals surface area contributed by atoms with E-state index in [-0.39, 0.29) is 5.91 Å². The molecule has 1 aromatic rings. The van der Waals surface area contributed by atoms with E-state index in [0.29, 0.717) is 0 Å². The van der Waals surface area contributed by atoms with Gasteiger partial charge in [-0.3, -0.25) is 9.78 Å². The predicted molar refractivity (Wildman–Crippen MR) is 63.3 cm³/mol. The van der Waals surface area contributed by atoms with Gasteiger partial charge in [0.05, 0.1) is 5.56 Å². The number of pyridine rings is 1. The summed E-state index contributed by atoms with van der Waals surface area (Å²) < 4.78 is 0. The maximum absolute atomic E-state index is 12.2. The van der Waals surface area contributed by atoms with Crippen LogP contribution in [0, 0.1) is 12.8 Å². The Bertz CT molecular complexity index is 381. The number of aryl methyl sites for hydroxylation is 1. The minimum atomic E-state index is 0.137. The average Bonchev–Trinajstić information content (AvgIpc) is 2.30. The van der Waals surface area contributed by atoms with Crippen LogP contribution >= 0.6 is 0 Å². The molecule has 16 heavy (non-hydrogen) atoms. The van der Waals surface area contributed by atoms with E-state index in [0.717, 1.165) is 43.0 Å². The summed E-state index contributed by atoms with van der Waals surface area (Å²) in [5.74, 6) is 0.886. The lowest BCUT2D eigenvalue weighted by Crippen LogP contribution is -2.38. The summed E-state index contributed by atoms with van der Waals surface area (Å²) in [6.45, 7) is 5.97. The van der Waals surface area contributed by atoms with E-state index in [9.17, 15) is 4.79 Å². The lowest BCUT2D eigenvalue weighted by molar-refractivity contribution is 0.0696. The van der Waals surface area contributed by atoms with Gasteiger partial charge in [0, 0.05) is 25.5 Å². The van der Waals surface area contributed by atoms with Gasteiger partial charge in [-0.25, -0.2) is 0 Å². The van der Waals surface area contributed by atoms with Crippen LogP contribution in [0.3, 0.4) is 0 Å². The van der Waals surface area contributed by atoms with E-state index in [1.54, 1.807) is 12.4 Å². The highest BCUT2D eigenvalue weighted by Gasteiger charge is 2.22. The molecular weight excluding hydrogens is 200 g/mol. The normalized spacial score (nSPS) is 17.5. The van der Waals surface area contributed by atoms with Crippen molar-refractivity contribution >= 4 is 5.91 Å². The zero-order chi connectivity index (χ0) is 11.5. The Hall–Kier alpha value is -1.38. The molecule has 3 heteroatoms. The highest BCUT2D eigenvalue weighted by atomic mass is 16.2. The molecule has 1 aliphatic heterocycles. The summed E-state index contributed by atoms with van der Waals surface area (Å²) in [5, 5.41) is 0. The van der Waals surface area contributed by atoms with Crippen molar-refractivity contribution in [2.45, 2.75) is 26.7 Å². The van der Waals surface area contributed by atoms with Crippen LogP contribution in [0.25, 0.3) is 0 Å². The summed E-state index contributed by atoms with van der Waals surface area (Å²) >= 11 is 0. The molecule has 1 fully saturated rings. The summed E-state index contributed by atoms with van der Waals surface area (Å²) in [6, 6.07) is 1.89. The molecule has 0 atom stereocenters. The fourth-order valence-corrected chi connectivity index (χ4v) is 2.07. The van der Waals surface area contributed by atoms with Gasteiger partial charge in [0.1, 0.15) is 0 Å². The quantitative estimate of drug-likeness (QED) is 0.724. The number of rotatable bonds is 1. The van der Waals surface area contributed by atoms with Crippen molar-refractivity contribution < 1.29 is 4.79 Å². The zero-order valence-corrected chi connectivity index (χ0v) is 9.94. The average molecular weight is 218 g/mol. The van der Waals surface area contributed by atoms with E-state index in [1.807, 2.05) is 17.9 Å². The molecule has 0 aromatic carbocycles. The van der Waals surface area contributed by atoms with Gasteiger partial charge in [-0.1, -0.05) is 6.92 Å². The minimum absolute atomic E-state index is 0.137. The molecule has 1 aliphatic rings. The molecule has 2 rings (SSSR count). The van der Waals surface area contributed by atoms with Gasteiger partial charge < -0.3 is 4.90 Å². The first-order valence-corrected chi connectivity index (χ1v) is 5.88. The third-order valence-corrected chi connectivity index (χ3v) is 3.34. The number of hydrogen-bond donors (Lipinski definition) is 0. The van der Waals surface area contributed by atoms with Gasteiger partial charge >= 0.3 is 0 Å². The standard InChI is InChI=1S/C13H18N2O/c1-10-4-7-15(8-5-10)13(16)12-9-14-6-3-11(12)2/h3,6,9-10H,4-5,7-8H2,1-2H3. The molecule has 0 bridgehead atoms. The zero-order valence-electron chi connectivity index (χ0n) is 9.94. The summed E-state index contributed by atoms with van der Waals surface area (Å²) in [7, 11) is 0. The molecule has 86 valence electrons. The van der Waals surface area contributed by atoms with Gasteiger partial charge in [0.2, 0.25) is 0 Å². The number of nitrogens with zero attached hydrogens (tertiary/aromatic N) is 2. The molecule has 2 heterocycles. The van der Waals surface area contributed by atoms with Crippen LogP contribution in [0.1, 0.15) is 35.7 Å². The fraction of sp³-hybridized carbons (Fsp3) is 0.538. The molecule has 1 saturated heterocycles. The largest absolute Gasteiger partial charge is 0.339 e. The molecule has 1 amide bonds. The second-order valence-electron chi connectivity index (χ2n) is 4.67. The highest BCUT2D eigenvalue weighted by molar-refractivity contribution is 5.95. The van der Waals surface area contributed by atoms with Crippen molar-refractivity contribution in [1.82, 2.24) is 9.88 Å². The lowest BCUT2D eigenvalue weighted by Gasteiger charge is -2.30. The Labute approximate surface area is 96.5 Å². The van der Waals surface area contributed by atoms with Crippen LogP contribution in [0.15, 0.2) is 18.5 Å². The molecule has 3 nitrogen and oxygen atoms in total. The van der Waals surface area contributed by atoms with Crippen LogP contribution in [-0.2, 0) is 0 Å². The first-order valence-electron chi connectivity index (χ1n) is 5.88. The van der Waals surface area contributed by atoms with Gasteiger partial charge in [-0.15, -0.1) is 0 Å². The van der Waals surface area contributed by atoms with E-state index in [1.165, 1.54) is 0 Å². The molecule has 0 unspecified atom stereocenters. The number of likely N-dealkylation sites (tertiary alicyclic amines) is 1. The highest BCUT2D eigenvalue weighted by Crippen LogP contribution is 2.18. The lowest BCUT2D eigenvalue weighted by atomic mass is 9.98. The van der Waals surface area contributed by atoms with Crippen molar-refractivity contribution in [3.8, 4) is 0 Å². The molecule has 1 aromatic heterocycles. The number of carbonyl (C=O) groups excluding carboxylic acids is 1. The second kappa shape index (κ2) is 4.64. The Balaban J connectivity index is 2.11. The van der Waals surface area contributed by atoms with Crippen LogP contribution in [0.4, 0.5) is 0 Å². The molecule has 0 radical (unpaired) electrons. The maximum Gasteiger partial charge on any atom is 0.255 e. The Morgan fingerprint density at radius 3 is 2.75 bits per heavy atom. The molecule has 0 spiro atoms. The Morgan fingerprint density at radius 2 is 2.12 bits per heavy atom. The number of amides is 1. The van der Waals surface area contributed by atoms with Crippen LogP contribution in [0.5, 0.6) is 0 Å². The van der Waals surface area contributed by atoms with Gasteiger partial charge in [-0.2, -0.15) is 0 Å². The van der Waals surface area contributed by atoms with Crippen molar-refractivity contribution in [3.63, 3.8) is 0 Å². The van der Waals surface area contributed by atoms with Crippen molar-refractivity contribution in [3.05, 3.63) is 29.6 Å². The van der Waals surface area contributed by atoms with Crippen molar-refractivity contribution in [1.29, 1.82) is 0 Å². The number of piperidine rings is 1. The van der Waals surface area contributed by atoms with E-state index >= 15 is 0 Å². The van der Waals surface area contributed by atoms with E-state index in [2.05, 4.69) is 11.9 Å². The van der Waals surface area contributed by atoms with E-state index in [4.69, 9.17) is 0 Å². The van der Waals surface area contributed by atoms with Crippen LogP contribution in [-0.4, -0.2) is 28.9 Å². The first kappa shape index (κ1) is 11.1. The van der Waals surface area contributed by atoms with Crippen LogP contribution in [0.2, 0.25) is 0 Å². The Morgan fingerprint density at radius 1 is 1.44 bits per heavy atom. The summed E-state index contributed by atoms with van der Waals surface area (Å²) in [4.78, 5) is 18.2. The smallest absolute Gasteiger partial charge is 0.255 e. The maximum atomic E-state index is 12.2. The monoisotopic (exact) mass is 218 g/mol. The first-order chi connectivity index (χ1) is 7.68. The summed E-state index contributed by atoms with van der Waals surface area (Å²) in [5.41, 5.74) is 1.76. The molecule has 0 aliphatic carbocycles. The van der Waals surface area contributed by atoms with Gasteiger partial charge in [-0.05, 0) is 37.3 Å². The van der Waals surface area contributed by atoms with Crippen molar-refractivity contribution in [2.24, 2.45) is 5.92 Å². The molecule has 0 saturated carbocycles. The summed E-state index contributed by atoms with van der Waals surface area (Å²) in [6.07, 6.45) is 5.64. The molecule has 0 N–H and O–H groups in total. The van der Waals surface area contributed by atoms with Crippen molar-refractivity contribution in [2.75, 3.05) is 13.1 Å². The third kappa shape index (κ3) is 2.23. The SMILES string of the molecule is Cc1ccncc1C(=O)N1CCC(C)CC1.